The van der Waals surface area contributed by atoms with Crippen LogP contribution < -0.4 is 5.32 Å². The Hall–Kier alpha value is -2.84. The summed E-state index contributed by atoms with van der Waals surface area (Å²) in [7, 11) is 0. The number of amides is 1. The first kappa shape index (κ1) is 18.5. The highest BCUT2D eigenvalue weighted by Gasteiger charge is 2.18. The largest absolute Gasteiger partial charge is 0.390 e. The Morgan fingerprint density at radius 2 is 2.07 bits per heavy atom. The lowest BCUT2D eigenvalue weighted by Crippen LogP contribution is -2.42. The SMILES string of the molecule is O=C(CCc1nc2cnncc2[nH]1)NC[C@@H](O)CN1CCc2ccccc2C1. The second kappa shape index (κ2) is 8.45. The van der Waals surface area contributed by atoms with Gasteiger partial charge in [0.05, 0.1) is 24.0 Å². The number of aryl methyl sites for hydroxylation is 1. The van der Waals surface area contributed by atoms with Gasteiger partial charge in [0, 0.05) is 39.0 Å². The molecular formula is C20H24N6O2. The molecule has 0 unspecified atom stereocenters. The summed E-state index contributed by atoms with van der Waals surface area (Å²) in [5, 5.41) is 20.7. The summed E-state index contributed by atoms with van der Waals surface area (Å²) >= 11 is 0. The molecule has 0 radical (unpaired) electrons. The molecule has 4 rings (SSSR count). The molecule has 3 N–H and O–H groups in total. The third-order valence-corrected chi connectivity index (χ3v) is 5.05. The molecule has 8 nitrogen and oxygen atoms in total. The summed E-state index contributed by atoms with van der Waals surface area (Å²) in [5.41, 5.74) is 4.26. The van der Waals surface area contributed by atoms with Gasteiger partial charge in [-0.1, -0.05) is 24.3 Å². The molecule has 146 valence electrons. The van der Waals surface area contributed by atoms with Crippen LogP contribution in [0, 0.1) is 0 Å². The molecule has 1 aliphatic heterocycles. The maximum Gasteiger partial charge on any atom is 0.220 e. The van der Waals surface area contributed by atoms with E-state index in [0.29, 0.717) is 19.4 Å². The second-order valence-electron chi connectivity index (χ2n) is 7.18. The van der Waals surface area contributed by atoms with Crippen molar-refractivity contribution < 1.29 is 9.90 Å². The van der Waals surface area contributed by atoms with Crippen LogP contribution >= 0.6 is 0 Å². The highest BCUT2D eigenvalue weighted by Crippen LogP contribution is 2.18. The molecule has 2 aromatic heterocycles. The van der Waals surface area contributed by atoms with Gasteiger partial charge >= 0.3 is 0 Å². The van der Waals surface area contributed by atoms with Crippen molar-refractivity contribution in [3.05, 3.63) is 53.6 Å². The Morgan fingerprint density at radius 1 is 1.25 bits per heavy atom. The van der Waals surface area contributed by atoms with Crippen molar-refractivity contribution in [2.45, 2.75) is 31.9 Å². The molecule has 1 aromatic carbocycles. The fourth-order valence-corrected chi connectivity index (χ4v) is 3.57. The Labute approximate surface area is 163 Å². The van der Waals surface area contributed by atoms with Crippen LogP contribution in [0.25, 0.3) is 11.0 Å². The van der Waals surface area contributed by atoms with Crippen LogP contribution in [0.4, 0.5) is 0 Å². The number of aromatic nitrogens is 4. The number of hydrogen-bond acceptors (Lipinski definition) is 6. The second-order valence-corrected chi connectivity index (χ2v) is 7.18. The van der Waals surface area contributed by atoms with Gasteiger partial charge in [0.1, 0.15) is 11.3 Å². The zero-order chi connectivity index (χ0) is 19.3. The van der Waals surface area contributed by atoms with Gasteiger partial charge in [0.2, 0.25) is 5.91 Å². The molecule has 1 aliphatic rings. The highest BCUT2D eigenvalue weighted by molar-refractivity contribution is 5.76. The van der Waals surface area contributed by atoms with Crippen molar-refractivity contribution in [3.63, 3.8) is 0 Å². The van der Waals surface area contributed by atoms with Crippen molar-refractivity contribution in [1.29, 1.82) is 0 Å². The number of aliphatic hydroxyl groups excluding tert-OH is 1. The van der Waals surface area contributed by atoms with Crippen molar-refractivity contribution in [1.82, 2.24) is 30.4 Å². The zero-order valence-corrected chi connectivity index (χ0v) is 15.6. The van der Waals surface area contributed by atoms with E-state index in [2.05, 4.69) is 48.6 Å². The number of β-amino-alcohol motifs (C(OH)–C–C–N with tert-alkyl or cyclic N) is 1. The monoisotopic (exact) mass is 380 g/mol. The van der Waals surface area contributed by atoms with E-state index in [1.807, 2.05) is 6.07 Å². The maximum atomic E-state index is 12.1. The topological polar surface area (TPSA) is 107 Å². The molecule has 28 heavy (non-hydrogen) atoms. The Kier molecular flexibility index (Phi) is 5.59. The van der Waals surface area contributed by atoms with Gasteiger partial charge in [-0.15, -0.1) is 0 Å². The summed E-state index contributed by atoms with van der Waals surface area (Å²) in [5.74, 6) is 0.632. The molecule has 0 fully saturated rings. The summed E-state index contributed by atoms with van der Waals surface area (Å²) < 4.78 is 0. The lowest BCUT2D eigenvalue weighted by molar-refractivity contribution is -0.121. The van der Waals surface area contributed by atoms with Crippen LogP contribution in [-0.4, -0.2) is 61.8 Å². The third kappa shape index (κ3) is 4.52. The average Bonchev–Trinajstić information content (AvgIpc) is 3.14. The lowest BCUT2D eigenvalue weighted by Gasteiger charge is -2.30. The molecule has 3 heterocycles. The molecule has 8 heteroatoms. The minimum absolute atomic E-state index is 0.0975. The first-order chi connectivity index (χ1) is 13.7. The predicted octanol–water partition coefficient (Wildman–Crippen LogP) is 0.821. The molecule has 0 aliphatic carbocycles. The minimum atomic E-state index is -0.586. The standard InChI is InChI=1S/C20H24N6O2/c27-16(13-26-8-7-14-3-1-2-4-15(14)12-26)9-21-20(28)6-5-19-24-17-10-22-23-11-18(17)25-19/h1-4,10-11,16,27H,5-9,12-13H2,(H,21,28)(H,24,25)/t16-/m1/s1. The van der Waals surface area contributed by atoms with Gasteiger partial charge in [-0.25, -0.2) is 4.98 Å². The van der Waals surface area contributed by atoms with E-state index in [1.165, 1.54) is 11.1 Å². The molecule has 0 spiro atoms. The fourth-order valence-electron chi connectivity index (χ4n) is 3.57. The first-order valence-corrected chi connectivity index (χ1v) is 9.56. The van der Waals surface area contributed by atoms with E-state index in [9.17, 15) is 9.90 Å². The van der Waals surface area contributed by atoms with Crippen LogP contribution in [0.2, 0.25) is 0 Å². The van der Waals surface area contributed by atoms with E-state index < -0.39 is 6.10 Å². The van der Waals surface area contributed by atoms with Crippen LogP contribution in [-0.2, 0) is 24.2 Å². The molecule has 1 atom stereocenters. The number of nitrogens with one attached hydrogen (secondary N) is 2. The molecular weight excluding hydrogens is 356 g/mol. The van der Waals surface area contributed by atoms with Gasteiger partial charge in [0.25, 0.3) is 0 Å². The zero-order valence-electron chi connectivity index (χ0n) is 15.6. The van der Waals surface area contributed by atoms with Crippen molar-refractivity contribution >= 4 is 16.9 Å². The van der Waals surface area contributed by atoms with Crippen molar-refractivity contribution in [2.24, 2.45) is 0 Å². The summed E-state index contributed by atoms with van der Waals surface area (Å²) in [6.07, 6.45) is 4.42. The molecule has 0 saturated heterocycles. The third-order valence-electron chi connectivity index (χ3n) is 5.05. The van der Waals surface area contributed by atoms with E-state index in [-0.39, 0.29) is 12.5 Å². The number of nitrogens with zero attached hydrogens (tertiary/aromatic N) is 4. The van der Waals surface area contributed by atoms with Gasteiger partial charge in [-0.3, -0.25) is 9.69 Å². The maximum absolute atomic E-state index is 12.1. The average molecular weight is 380 g/mol. The van der Waals surface area contributed by atoms with Crippen molar-refractivity contribution in [2.75, 3.05) is 19.6 Å². The molecule has 3 aromatic rings. The number of fused-ring (bicyclic) bond motifs is 2. The van der Waals surface area contributed by atoms with Gasteiger partial charge in [0.15, 0.2) is 0 Å². The van der Waals surface area contributed by atoms with Crippen LogP contribution in [0.15, 0.2) is 36.7 Å². The first-order valence-electron chi connectivity index (χ1n) is 9.56. The number of H-pyrrole nitrogens is 1. The quantitative estimate of drug-likeness (QED) is 0.560. The van der Waals surface area contributed by atoms with Crippen molar-refractivity contribution in [3.8, 4) is 0 Å². The number of aliphatic hydroxyl groups is 1. The normalized spacial score (nSPS) is 15.3. The van der Waals surface area contributed by atoms with Gasteiger partial charge in [-0.2, -0.15) is 10.2 Å². The lowest BCUT2D eigenvalue weighted by atomic mass is 10.00. The van der Waals surface area contributed by atoms with Crippen LogP contribution in [0.5, 0.6) is 0 Å². The Balaban J connectivity index is 1.19. The highest BCUT2D eigenvalue weighted by atomic mass is 16.3. The number of aromatic amines is 1. The van der Waals surface area contributed by atoms with Crippen LogP contribution in [0.1, 0.15) is 23.4 Å². The molecule has 1 amide bonds. The van der Waals surface area contributed by atoms with E-state index in [4.69, 9.17) is 0 Å². The summed E-state index contributed by atoms with van der Waals surface area (Å²) in [6, 6.07) is 8.42. The number of carbonyl (C=O) groups is 1. The Bertz CT molecular complexity index is 924. The molecule has 0 bridgehead atoms. The number of benzene rings is 1. The van der Waals surface area contributed by atoms with E-state index >= 15 is 0 Å². The van der Waals surface area contributed by atoms with E-state index in [1.54, 1.807) is 12.4 Å². The number of rotatable bonds is 7. The number of carbonyl (C=O) groups excluding carboxylic acids is 1. The fraction of sp³-hybridized carbons (Fsp3) is 0.400. The van der Waals surface area contributed by atoms with Gasteiger partial charge < -0.3 is 15.4 Å². The van der Waals surface area contributed by atoms with Gasteiger partial charge in [-0.05, 0) is 17.5 Å². The predicted molar refractivity (Wildman–Crippen MR) is 104 cm³/mol. The minimum Gasteiger partial charge on any atom is -0.390 e. The number of imidazole rings is 1. The summed E-state index contributed by atoms with van der Waals surface area (Å²) in [6.45, 7) is 2.58. The smallest absolute Gasteiger partial charge is 0.220 e. The van der Waals surface area contributed by atoms with Crippen LogP contribution in [0.3, 0.4) is 0 Å². The molecule has 0 saturated carbocycles. The van der Waals surface area contributed by atoms with E-state index in [0.717, 1.165) is 36.4 Å². The summed E-state index contributed by atoms with van der Waals surface area (Å²) in [4.78, 5) is 21.8. The number of hydrogen-bond donors (Lipinski definition) is 3. The Morgan fingerprint density at radius 3 is 2.93 bits per heavy atom.